The van der Waals surface area contributed by atoms with E-state index in [0.717, 1.165) is 11.4 Å². The molecule has 2 aromatic carbocycles. The number of para-hydroxylation sites is 1. The predicted molar refractivity (Wildman–Crippen MR) is 127 cm³/mol. The molecule has 0 saturated carbocycles. The first kappa shape index (κ1) is 22.0. The molecule has 0 saturated heterocycles. The Kier molecular flexibility index (Phi) is 5.49. The van der Waals surface area contributed by atoms with Gasteiger partial charge in [-0.05, 0) is 35.7 Å². The molecule has 1 atom stereocenters. The number of hydrogen-bond donors (Lipinski definition) is 0. The molecule has 9 heteroatoms. The van der Waals surface area contributed by atoms with Crippen LogP contribution in [0.25, 0.3) is 11.0 Å². The fourth-order valence-corrected chi connectivity index (χ4v) is 5.20. The average Bonchev–Trinajstić information content (AvgIpc) is 3.40. The SMILES string of the molecule is COC(=O)c1ccc([C@H]2c3c(oc4ccccc4c3=O)C(=O)N2c2nnc(CC(C)C)s2)cc1. The van der Waals surface area contributed by atoms with Crippen LogP contribution in [0.2, 0.25) is 0 Å². The quantitative estimate of drug-likeness (QED) is 0.395. The Balaban J connectivity index is 1.70. The summed E-state index contributed by atoms with van der Waals surface area (Å²) in [7, 11) is 1.31. The molecular weight excluding hydrogens is 454 g/mol. The number of carbonyl (C=O) groups excluding carboxylic acids is 2. The van der Waals surface area contributed by atoms with Crippen LogP contribution in [0.1, 0.15) is 56.9 Å². The van der Waals surface area contributed by atoms with E-state index in [1.54, 1.807) is 48.5 Å². The molecule has 1 aliphatic rings. The zero-order chi connectivity index (χ0) is 24.0. The molecule has 8 nitrogen and oxygen atoms in total. The van der Waals surface area contributed by atoms with Crippen LogP contribution in [0.15, 0.2) is 57.7 Å². The molecule has 0 fully saturated rings. The second-order valence-corrected chi connectivity index (χ2v) is 9.48. The number of nitrogens with zero attached hydrogens (tertiary/aromatic N) is 3. The first-order chi connectivity index (χ1) is 16.4. The van der Waals surface area contributed by atoms with Gasteiger partial charge in [-0.1, -0.05) is 49.4 Å². The molecule has 4 aromatic rings. The maximum atomic E-state index is 13.6. The van der Waals surface area contributed by atoms with E-state index in [0.29, 0.717) is 33.1 Å². The highest BCUT2D eigenvalue weighted by atomic mass is 32.1. The molecule has 0 unspecified atom stereocenters. The summed E-state index contributed by atoms with van der Waals surface area (Å²) in [6.07, 6.45) is 0.728. The summed E-state index contributed by atoms with van der Waals surface area (Å²) >= 11 is 1.32. The normalized spacial score (nSPS) is 15.2. The molecule has 1 amide bonds. The van der Waals surface area contributed by atoms with Crippen LogP contribution in [0.4, 0.5) is 5.13 Å². The molecule has 0 radical (unpaired) electrons. The summed E-state index contributed by atoms with van der Waals surface area (Å²) < 4.78 is 10.7. The molecule has 5 rings (SSSR count). The van der Waals surface area contributed by atoms with Crippen molar-refractivity contribution in [2.45, 2.75) is 26.3 Å². The lowest BCUT2D eigenvalue weighted by atomic mass is 9.98. The number of fused-ring (bicyclic) bond motifs is 2. The molecule has 1 aliphatic heterocycles. The largest absolute Gasteiger partial charge is 0.465 e. The van der Waals surface area contributed by atoms with Gasteiger partial charge in [0.2, 0.25) is 10.9 Å². The number of amides is 1. The lowest BCUT2D eigenvalue weighted by molar-refractivity contribution is 0.0600. The zero-order valence-corrected chi connectivity index (χ0v) is 19.6. The van der Waals surface area contributed by atoms with E-state index in [4.69, 9.17) is 9.15 Å². The minimum Gasteiger partial charge on any atom is -0.465 e. The number of hydrogen-bond acceptors (Lipinski definition) is 8. The van der Waals surface area contributed by atoms with E-state index >= 15 is 0 Å². The van der Waals surface area contributed by atoms with E-state index in [1.807, 2.05) is 0 Å². The number of esters is 1. The van der Waals surface area contributed by atoms with Crippen molar-refractivity contribution in [2.75, 3.05) is 12.0 Å². The lowest BCUT2D eigenvalue weighted by Gasteiger charge is -2.22. The molecular formula is C25H21N3O5S. The van der Waals surface area contributed by atoms with Gasteiger partial charge in [0.05, 0.1) is 29.7 Å². The van der Waals surface area contributed by atoms with E-state index in [2.05, 4.69) is 24.0 Å². The van der Waals surface area contributed by atoms with Crippen molar-refractivity contribution in [1.82, 2.24) is 10.2 Å². The monoisotopic (exact) mass is 475 g/mol. The third-order valence-corrected chi connectivity index (χ3v) is 6.62. The Morgan fingerprint density at radius 3 is 2.56 bits per heavy atom. The maximum absolute atomic E-state index is 13.6. The zero-order valence-electron chi connectivity index (χ0n) is 18.8. The molecule has 0 aliphatic carbocycles. The number of benzene rings is 2. The summed E-state index contributed by atoms with van der Waals surface area (Å²) in [5.41, 5.74) is 1.32. The van der Waals surface area contributed by atoms with Crippen LogP contribution in [0.5, 0.6) is 0 Å². The molecule has 172 valence electrons. The Bertz CT molecular complexity index is 1470. The molecule has 0 bridgehead atoms. The second-order valence-electron chi connectivity index (χ2n) is 8.44. The number of methoxy groups -OCH3 is 1. The summed E-state index contributed by atoms with van der Waals surface area (Å²) in [5.74, 6) is -0.555. The van der Waals surface area contributed by atoms with Gasteiger partial charge in [0, 0.05) is 6.42 Å². The van der Waals surface area contributed by atoms with Crippen molar-refractivity contribution in [2.24, 2.45) is 5.92 Å². The minimum atomic E-state index is -0.769. The standard InChI is InChI=1S/C25H21N3O5S/c1-13(2)12-18-26-27-25(34-18)28-20(14-8-10-15(11-9-14)24(31)32-3)19-21(29)16-6-4-5-7-17(16)33-22(19)23(28)30/h4-11,13,20H,12H2,1-3H3/t20-/m0/s1. The van der Waals surface area contributed by atoms with Gasteiger partial charge in [-0.3, -0.25) is 14.5 Å². The van der Waals surface area contributed by atoms with Crippen LogP contribution in [-0.4, -0.2) is 29.2 Å². The van der Waals surface area contributed by atoms with Crippen molar-refractivity contribution in [3.63, 3.8) is 0 Å². The lowest BCUT2D eigenvalue weighted by Crippen LogP contribution is -2.29. The van der Waals surface area contributed by atoms with Crippen LogP contribution in [0, 0.1) is 5.92 Å². The minimum absolute atomic E-state index is 0.00801. The molecule has 3 heterocycles. The Labute approximate surface area is 198 Å². The van der Waals surface area contributed by atoms with Crippen LogP contribution >= 0.6 is 11.3 Å². The van der Waals surface area contributed by atoms with Crippen LogP contribution in [0.3, 0.4) is 0 Å². The van der Waals surface area contributed by atoms with Crippen molar-refractivity contribution < 1.29 is 18.7 Å². The van der Waals surface area contributed by atoms with E-state index in [9.17, 15) is 14.4 Å². The van der Waals surface area contributed by atoms with Gasteiger partial charge >= 0.3 is 5.97 Å². The van der Waals surface area contributed by atoms with Crippen LogP contribution in [-0.2, 0) is 11.2 Å². The van der Waals surface area contributed by atoms with Gasteiger partial charge in [0.1, 0.15) is 10.6 Å². The van der Waals surface area contributed by atoms with Crippen molar-refractivity contribution in [1.29, 1.82) is 0 Å². The number of aromatic nitrogens is 2. The number of carbonyl (C=O) groups is 2. The number of anilines is 1. The van der Waals surface area contributed by atoms with Crippen molar-refractivity contribution >= 4 is 39.3 Å². The second kappa shape index (κ2) is 8.49. The van der Waals surface area contributed by atoms with Gasteiger partial charge < -0.3 is 9.15 Å². The fraction of sp³-hybridized carbons (Fsp3) is 0.240. The van der Waals surface area contributed by atoms with Gasteiger partial charge in [0.25, 0.3) is 5.91 Å². The summed E-state index contributed by atoms with van der Waals surface area (Å²) in [6, 6.07) is 12.7. The number of rotatable bonds is 5. The van der Waals surface area contributed by atoms with Crippen molar-refractivity contribution in [3.05, 3.63) is 86.2 Å². The highest BCUT2D eigenvalue weighted by Gasteiger charge is 2.45. The molecule has 0 N–H and O–H groups in total. The first-order valence-corrected chi connectivity index (χ1v) is 11.6. The summed E-state index contributed by atoms with van der Waals surface area (Å²) in [5, 5.41) is 10.1. The van der Waals surface area contributed by atoms with E-state index < -0.39 is 17.9 Å². The predicted octanol–water partition coefficient (Wildman–Crippen LogP) is 4.38. The first-order valence-electron chi connectivity index (χ1n) is 10.8. The molecule has 34 heavy (non-hydrogen) atoms. The number of ether oxygens (including phenoxy) is 1. The van der Waals surface area contributed by atoms with Gasteiger partial charge in [-0.2, -0.15) is 0 Å². The topological polar surface area (TPSA) is 103 Å². The van der Waals surface area contributed by atoms with Gasteiger partial charge in [0.15, 0.2) is 5.43 Å². The third-order valence-electron chi connectivity index (χ3n) is 5.67. The van der Waals surface area contributed by atoms with Gasteiger partial charge in [-0.25, -0.2) is 4.79 Å². The van der Waals surface area contributed by atoms with Gasteiger partial charge in [-0.15, -0.1) is 10.2 Å². The highest BCUT2D eigenvalue weighted by molar-refractivity contribution is 7.15. The fourth-order valence-electron chi connectivity index (χ4n) is 4.13. The molecule has 0 spiro atoms. The third kappa shape index (κ3) is 3.58. The Morgan fingerprint density at radius 2 is 1.85 bits per heavy atom. The van der Waals surface area contributed by atoms with E-state index in [-0.39, 0.29) is 16.8 Å². The highest BCUT2D eigenvalue weighted by Crippen LogP contribution is 2.42. The van der Waals surface area contributed by atoms with E-state index in [1.165, 1.54) is 23.3 Å². The smallest absolute Gasteiger partial charge is 0.337 e. The Hall–Kier alpha value is -3.85. The summed E-state index contributed by atoms with van der Waals surface area (Å²) in [4.78, 5) is 40.5. The molecule has 2 aromatic heterocycles. The van der Waals surface area contributed by atoms with Crippen molar-refractivity contribution in [3.8, 4) is 0 Å². The Morgan fingerprint density at radius 1 is 1.12 bits per heavy atom. The summed E-state index contributed by atoms with van der Waals surface area (Å²) in [6.45, 7) is 4.16. The average molecular weight is 476 g/mol. The van der Waals surface area contributed by atoms with Crippen LogP contribution < -0.4 is 10.3 Å². The maximum Gasteiger partial charge on any atom is 0.337 e.